The summed E-state index contributed by atoms with van der Waals surface area (Å²) in [5.41, 5.74) is 0.0236. The lowest BCUT2D eigenvalue weighted by Gasteiger charge is -2.37. The van der Waals surface area contributed by atoms with Crippen LogP contribution in [0.5, 0.6) is 0 Å². The van der Waals surface area contributed by atoms with Crippen molar-refractivity contribution in [2.24, 2.45) is 0 Å². The van der Waals surface area contributed by atoms with Crippen LogP contribution in [-0.4, -0.2) is 108 Å². The number of likely N-dealkylation sites (N-methyl/N-ethyl adjacent to an activating group) is 1. The lowest BCUT2D eigenvalue weighted by molar-refractivity contribution is 0.00295. The maximum absolute atomic E-state index is 12.6. The summed E-state index contributed by atoms with van der Waals surface area (Å²) in [6.07, 6.45) is 2.80. The van der Waals surface area contributed by atoms with Crippen LogP contribution in [0, 0.1) is 0 Å². The predicted molar refractivity (Wildman–Crippen MR) is 109 cm³/mol. The van der Waals surface area contributed by atoms with Gasteiger partial charge in [0.15, 0.2) is 0 Å². The summed E-state index contributed by atoms with van der Waals surface area (Å²) in [4.78, 5) is 37.7. The largest absolute Gasteiger partial charge is 0.441 e. The molecule has 0 atom stereocenters. The van der Waals surface area contributed by atoms with Crippen molar-refractivity contribution in [1.29, 1.82) is 0 Å². The molecule has 0 radical (unpaired) electrons. The highest BCUT2D eigenvalue weighted by molar-refractivity contribution is 5.92. The zero-order valence-corrected chi connectivity index (χ0v) is 17.3. The third-order valence-electron chi connectivity index (χ3n) is 6.49. The quantitative estimate of drug-likeness (QED) is 0.737. The molecule has 8 nitrogen and oxygen atoms in total. The second-order valence-electron chi connectivity index (χ2n) is 8.26. The van der Waals surface area contributed by atoms with Crippen molar-refractivity contribution in [3.8, 4) is 0 Å². The number of ether oxygens (including phenoxy) is 1. The number of carbonyl (C=O) groups excluding carboxylic acids is 2. The Balaban J connectivity index is 1.26. The average Bonchev–Trinajstić information content (AvgIpc) is 3.08. The van der Waals surface area contributed by atoms with Gasteiger partial charge >= 0.3 is 6.09 Å². The lowest BCUT2D eigenvalue weighted by atomic mass is 9.91. The highest BCUT2D eigenvalue weighted by Gasteiger charge is 2.47. The second kappa shape index (κ2) is 8.67. The van der Waals surface area contributed by atoms with Gasteiger partial charge < -0.3 is 19.4 Å². The summed E-state index contributed by atoms with van der Waals surface area (Å²) < 4.78 is 5.82. The summed E-state index contributed by atoms with van der Waals surface area (Å²) >= 11 is 0. The molecule has 2 amide bonds. The van der Waals surface area contributed by atoms with Crippen LogP contribution in [0.1, 0.15) is 30.3 Å². The second-order valence-corrected chi connectivity index (χ2v) is 8.26. The van der Waals surface area contributed by atoms with E-state index in [1.807, 2.05) is 15.9 Å². The fraction of sp³-hybridized carbons (Fsp3) is 0.667. The Morgan fingerprint density at radius 3 is 2.45 bits per heavy atom. The molecular weight excluding hydrogens is 370 g/mol. The number of hydrogen-bond donors (Lipinski definition) is 0. The fourth-order valence-corrected chi connectivity index (χ4v) is 4.48. The van der Waals surface area contributed by atoms with Gasteiger partial charge in [0, 0.05) is 71.4 Å². The number of hydrogen-bond acceptors (Lipinski definition) is 6. The van der Waals surface area contributed by atoms with Gasteiger partial charge in [0.25, 0.3) is 5.91 Å². The maximum atomic E-state index is 12.6. The first-order valence-corrected chi connectivity index (χ1v) is 10.7. The standard InChI is InChI=1S/C21H31N5O3/c1-2-23-11-13-24(14-12-23)15-16-26-17-21(29-20(26)28)6-9-25(10-7-21)19(27)18-5-3-4-8-22-18/h3-5,8H,2,6-7,9-17H2,1H3. The molecule has 8 heteroatoms. The highest BCUT2D eigenvalue weighted by atomic mass is 16.6. The highest BCUT2D eigenvalue weighted by Crippen LogP contribution is 2.33. The van der Waals surface area contributed by atoms with Crippen molar-refractivity contribution in [2.75, 3.05) is 65.4 Å². The van der Waals surface area contributed by atoms with Crippen LogP contribution in [0.25, 0.3) is 0 Å². The van der Waals surface area contributed by atoms with Gasteiger partial charge in [-0.1, -0.05) is 13.0 Å². The molecule has 3 aliphatic rings. The number of nitrogens with zero attached hydrogens (tertiary/aromatic N) is 5. The molecule has 0 bridgehead atoms. The van der Waals surface area contributed by atoms with Crippen molar-refractivity contribution < 1.29 is 14.3 Å². The van der Waals surface area contributed by atoms with E-state index in [0.717, 1.165) is 39.3 Å². The summed E-state index contributed by atoms with van der Waals surface area (Å²) in [5.74, 6) is -0.0483. The number of rotatable bonds is 5. The van der Waals surface area contributed by atoms with Crippen molar-refractivity contribution in [3.05, 3.63) is 30.1 Å². The van der Waals surface area contributed by atoms with Crippen LogP contribution in [0.4, 0.5) is 4.79 Å². The smallest absolute Gasteiger partial charge is 0.410 e. The molecule has 3 fully saturated rings. The van der Waals surface area contributed by atoms with E-state index in [9.17, 15) is 9.59 Å². The maximum Gasteiger partial charge on any atom is 0.410 e. The number of aromatic nitrogens is 1. The first-order valence-electron chi connectivity index (χ1n) is 10.7. The Kier molecular flexibility index (Phi) is 6.01. The van der Waals surface area contributed by atoms with Crippen molar-refractivity contribution >= 4 is 12.0 Å². The molecule has 0 N–H and O–H groups in total. The molecular formula is C21H31N5O3. The van der Waals surface area contributed by atoms with Crippen LogP contribution < -0.4 is 0 Å². The van der Waals surface area contributed by atoms with Gasteiger partial charge in [0.1, 0.15) is 11.3 Å². The van der Waals surface area contributed by atoms with Gasteiger partial charge in [-0.25, -0.2) is 4.79 Å². The van der Waals surface area contributed by atoms with E-state index < -0.39 is 5.60 Å². The fourth-order valence-electron chi connectivity index (χ4n) is 4.48. The zero-order valence-electron chi connectivity index (χ0n) is 17.3. The van der Waals surface area contributed by atoms with E-state index in [2.05, 4.69) is 21.7 Å². The van der Waals surface area contributed by atoms with Crippen LogP contribution in [0.15, 0.2) is 24.4 Å². The van der Waals surface area contributed by atoms with Gasteiger partial charge in [-0.15, -0.1) is 0 Å². The number of piperidine rings is 1. The third kappa shape index (κ3) is 4.53. The minimum atomic E-state index is -0.446. The van der Waals surface area contributed by atoms with E-state index in [4.69, 9.17) is 4.74 Å². The molecule has 0 aliphatic carbocycles. The number of pyridine rings is 1. The molecule has 3 saturated heterocycles. The summed E-state index contributed by atoms with van der Waals surface area (Å²) in [6, 6.07) is 5.37. The molecule has 1 aromatic heterocycles. The first-order chi connectivity index (χ1) is 14.1. The van der Waals surface area contributed by atoms with Crippen molar-refractivity contribution in [3.63, 3.8) is 0 Å². The minimum Gasteiger partial charge on any atom is -0.441 e. The van der Waals surface area contributed by atoms with Gasteiger partial charge in [-0.2, -0.15) is 0 Å². The predicted octanol–water partition coefficient (Wildman–Crippen LogP) is 1.15. The molecule has 158 valence electrons. The van der Waals surface area contributed by atoms with Crippen LogP contribution in [0.3, 0.4) is 0 Å². The summed E-state index contributed by atoms with van der Waals surface area (Å²) in [7, 11) is 0. The number of carbonyl (C=O) groups is 2. The first kappa shape index (κ1) is 20.1. The molecule has 0 aromatic carbocycles. The Labute approximate surface area is 172 Å². The Morgan fingerprint density at radius 1 is 1.07 bits per heavy atom. The van der Waals surface area contributed by atoms with Crippen molar-refractivity contribution in [1.82, 2.24) is 24.6 Å². The van der Waals surface area contributed by atoms with Crippen LogP contribution in [0.2, 0.25) is 0 Å². The Hall–Kier alpha value is -2.19. The molecule has 29 heavy (non-hydrogen) atoms. The molecule has 0 saturated carbocycles. The summed E-state index contributed by atoms with van der Waals surface area (Å²) in [6.45, 7) is 11.1. The number of likely N-dealkylation sites (tertiary alicyclic amines) is 1. The molecule has 0 unspecified atom stereocenters. The third-order valence-corrected chi connectivity index (χ3v) is 6.49. The monoisotopic (exact) mass is 401 g/mol. The van der Waals surface area contributed by atoms with Gasteiger partial charge in [-0.05, 0) is 18.7 Å². The SMILES string of the molecule is CCN1CCN(CCN2CC3(CCN(C(=O)c4ccccn4)CC3)OC2=O)CC1. The summed E-state index contributed by atoms with van der Waals surface area (Å²) in [5, 5.41) is 0. The lowest BCUT2D eigenvalue weighted by Crippen LogP contribution is -2.50. The van der Waals surface area contributed by atoms with E-state index in [1.54, 1.807) is 18.3 Å². The molecule has 4 heterocycles. The van der Waals surface area contributed by atoms with Crippen molar-refractivity contribution in [2.45, 2.75) is 25.4 Å². The molecule has 4 rings (SSSR count). The molecule has 3 aliphatic heterocycles. The normalized spacial score (nSPS) is 22.9. The van der Waals surface area contributed by atoms with E-state index >= 15 is 0 Å². The number of piperazine rings is 1. The number of amides is 2. The zero-order chi connectivity index (χ0) is 20.3. The van der Waals surface area contributed by atoms with Gasteiger partial charge in [0.05, 0.1) is 6.54 Å². The van der Waals surface area contributed by atoms with E-state index in [1.165, 1.54) is 0 Å². The Morgan fingerprint density at radius 2 is 1.79 bits per heavy atom. The average molecular weight is 402 g/mol. The molecule has 1 spiro atoms. The van der Waals surface area contributed by atoms with Gasteiger partial charge in [-0.3, -0.25) is 14.7 Å². The van der Waals surface area contributed by atoms with Gasteiger partial charge in [0.2, 0.25) is 0 Å². The van der Waals surface area contributed by atoms with Crippen LogP contribution in [-0.2, 0) is 4.74 Å². The van der Waals surface area contributed by atoms with Crippen LogP contribution >= 0.6 is 0 Å². The van der Waals surface area contributed by atoms with E-state index in [0.29, 0.717) is 44.7 Å². The molecule has 1 aromatic rings. The topological polar surface area (TPSA) is 69.2 Å². The van der Waals surface area contributed by atoms with E-state index in [-0.39, 0.29) is 12.0 Å². The Bertz CT molecular complexity index is 712. The minimum absolute atomic E-state index is 0.0483.